The normalized spacial score (nSPS) is 9.75. The number of hydrogen-bond donors (Lipinski definition) is 2. The Hall–Kier alpha value is -2.04. The van der Waals surface area contributed by atoms with Gasteiger partial charge in [-0.1, -0.05) is 6.07 Å². The lowest BCUT2D eigenvalue weighted by atomic mass is 10.2. The van der Waals surface area contributed by atoms with Crippen molar-refractivity contribution in [3.63, 3.8) is 0 Å². The lowest BCUT2D eigenvalue weighted by molar-refractivity contribution is -0.137. The molecule has 2 N–H and O–H groups in total. The number of ether oxygens (including phenoxy) is 1. The molecule has 1 rings (SSSR count). The Morgan fingerprint density at radius 3 is 2.62 bits per heavy atom. The first-order chi connectivity index (χ1) is 7.59. The molecule has 1 aromatic rings. The zero-order valence-electron chi connectivity index (χ0n) is 8.55. The van der Waals surface area contributed by atoms with Crippen LogP contribution in [0.4, 0.5) is 0 Å². The van der Waals surface area contributed by atoms with Gasteiger partial charge in [0, 0.05) is 6.42 Å². The van der Waals surface area contributed by atoms with Crippen molar-refractivity contribution in [3.05, 3.63) is 29.8 Å². The lowest BCUT2D eigenvalue weighted by Gasteiger charge is -2.05. The number of carbonyl (C=O) groups is 2. The average Bonchev–Trinajstić information content (AvgIpc) is 2.24. The molecule has 0 heterocycles. The van der Waals surface area contributed by atoms with Gasteiger partial charge in [-0.2, -0.15) is 0 Å². The quantitative estimate of drug-likeness (QED) is 0.717. The molecule has 0 saturated carbocycles. The molecule has 5 nitrogen and oxygen atoms in total. The Bertz CT molecular complexity index is 386. The van der Waals surface area contributed by atoms with Crippen molar-refractivity contribution < 1.29 is 24.5 Å². The number of aromatic carboxylic acids is 1. The molecule has 0 aliphatic carbocycles. The second-order valence-corrected chi connectivity index (χ2v) is 3.18. The first-order valence-electron chi connectivity index (χ1n) is 4.77. The topological polar surface area (TPSA) is 83.8 Å². The highest BCUT2D eigenvalue weighted by Gasteiger charge is 2.03. The Labute approximate surface area is 92.3 Å². The molecule has 0 amide bonds. The third-order valence-electron chi connectivity index (χ3n) is 1.88. The highest BCUT2D eigenvalue weighted by atomic mass is 16.5. The number of hydrogen-bond acceptors (Lipinski definition) is 3. The van der Waals surface area contributed by atoms with Crippen molar-refractivity contribution in [1.82, 2.24) is 0 Å². The van der Waals surface area contributed by atoms with E-state index in [1.165, 1.54) is 12.1 Å². The molecule has 16 heavy (non-hydrogen) atoms. The van der Waals surface area contributed by atoms with Crippen LogP contribution < -0.4 is 4.74 Å². The molecule has 0 radical (unpaired) electrons. The molecule has 0 saturated heterocycles. The smallest absolute Gasteiger partial charge is 0.335 e. The highest BCUT2D eigenvalue weighted by Crippen LogP contribution is 2.13. The summed E-state index contributed by atoms with van der Waals surface area (Å²) in [5, 5.41) is 17.1. The molecule has 0 bridgehead atoms. The van der Waals surface area contributed by atoms with E-state index in [0.717, 1.165) is 0 Å². The molecule has 0 aromatic heterocycles. The van der Waals surface area contributed by atoms with Gasteiger partial charge in [-0.25, -0.2) is 4.79 Å². The van der Waals surface area contributed by atoms with Crippen LogP contribution in [0, 0.1) is 0 Å². The Kier molecular flexibility index (Phi) is 4.32. The standard InChI is InChI=1S/C11H12O5/c12-10(13)5-2-6-16-9-4-1-3-8(7-9)11(14)15/h1,3-4,7H,2,5-6H2,(H,12,13)(H,14,15). The predicted molar refractivity (Wildman–Crippen MR) is 55.8 cm³/mol. The summed E-state index contributed by atoms with van der Waals surface area (Å²) in [6, 6.07) is 6.08. The van der Waals surface area contributed by atoms with Gasteiger partial charge in [-0.3, -0.25) is 4.79 Å². The second kappa shape index (κ2) is 5.75. The van der Waals surface area contributed by atoms with Crippen molar-refractivity contribution in [2.24, 2.45) is 0 Å². The molecular weight excluding hydrogens is 212 g/mol. The summed E-state index contributed by atoms with van der Waals surface area (Å²) in [4.78, 5) is 20.9. The Balaban J connectivity index is 2.45. The number of aliphatic carboxylic acids is 1. The van der Waals surface area contributed by atoms with E-state index < -0.39 is 11.9 Å². The zero-order valence-corrected chi connectivity index (χ0v) is 8.55. The van der Waals surface area contributed by atoms with E-state index in [4.69, 9.17) is 14.9 Å². The molecule has 86 valence electrons. The molecule has 0 aliphatic heterocycles. The number of rotatable bonds is 6. The monoisotopic (exact) mass is 224 g/mol. The lowest BCUT2D eigenvalue weighted by Crippen LogP contribution is -2.03. The molecule has 0 unspecified atom stereocenters. The Morgan fingerprint density at radius 2 is 2.00 bits per heavy atom. The minimum atomic E-state index is -1.02. The van der Waals surface area contributed by atoms with Gasteiger partial charge in [-0.05, 0) is 24.6 Å². The predicted octanol–water partition coefficient (Wildman–Crippen LogP) is 1.63. The summed E-state index contributed by atoms with van der Waals surface area (Å²) in [7, 11) is 0. The molecule has 0 spiro atoms. The highest BCUT2D eigenvalue weighted by molar-refractivity contribution is 5.87. The van der Waals surface area contributed by atoms with Crippen molar-refractivity contribution in [1.29, 1.82) is 0 Å². The van der Waals surface area contributed by atoms with Crippen LogP contribution in [0.15, 0.2) is 24.3 Å². The van der Waals surface area contributed by atoms with Crippen molar-refractivity contribution in [2.75, 3.05) is 6.61 Å². The summed E-state index contributed by atoms with van der Waals surface area (Å²) in [5.74, 6) is -1.45. The molecule has 0 aliphatic rings. The van der Waals surface area contributed by atoms with Crippen LogP contribution in [-0.2, 0) is 4.79 Å². The summed E-state index contributed by atoms with van der Waals surface area (Å²) < 4.78 is 5.22. The zero-order chi connectivity index (χ0) is 12.0. The van der Waals surface area contributed by atoms with E-state index >= 15 is 0 Å². The summed E-state index contributed by atoms with van der Waals surface area (Å²) in [6.07, 6.45) is 0.436. The maximum Gasteiger partial charge on any atom is 0.335 e. The number of carboxylic acid groups (broad SMARTS) is 2. The van der Waals surface area contributed by atoms with Gasteiger partial charge >= 0.3 is 11.9 Å². The summed E-state index contributed by atoms with van der Waals surface area (Å²) in [5.41, 5.74) is 0.149. The van der Waals surface area contributed by atoms with Crippen molar-refractivity contribution in [2.45, 2.75) is 12.8 Å². The minimum Gasteiger partial charge on any atom is -0.494 e. The van der Waals surface area contributed by atoms with E-state index in [1.807, 2.05) is 0 Å². The largest absolute Gasteiger partial charge is 0.494 e. The van der Waals surface area contributed by atoms with E-state index in [2.05, 4.69) is 0 Å². The molecule has 0 atom stereocenters. The van der Waals surface area contributed by atoms with E-state index in [-0.39, 0.29) is 18.6 Å². The molecule has 0 fully saturated rings. The first kappa shape index (κ1) is 12.0. The van der Waals surface area contributed by atoms with Crippen LogP contribution >= 0.6 is 0 Å². The van der Waals surface area contributed by atoms with Crippen LogP contribution in [-0.4, -0.2) is 28.8 Å². The fourth-order valence-corrected chi connectivity index (χ4v) is 1.13. The number of carboxylic acids is 2. The van der Waals surface area contributed by atoms with Gasteiger partial charge in [-0.15, -0.1) is 0 Å². The van der Waals surface area contributed by atoms with Crippen molar-refractivity contribution in [3.8, 4) is 5.75 Å². The van der Waals surface area contributed by atoms with Gasteiger partial charge in [0.15, 0.2) is 0 Å². The first-order valence-corrected chi connectivity index (χ1v) is 4.77. The van der Waals surface area contributed by atoms with Crippen LogP contribution in [0.25, 0.3) is 0 Å². The van der Waals surface area contributed by atoms with E-state index in [0.29, 0.717) is 12.2 Å². The molecular formula is C11H12O5. The maximum atomic E-state index is 10.6. The van der Waals surface area contributed by atoms with Crippen LogP contribution in [0.5, 0.6) is 5.75 Å². The second-order valence-electron chi connectivity index (χ2n) is 3.18. The maximum absolute atomic E-state index is 10.6. The van der Waals surface area contributed by atoms with E-state index in [1.54, 1.807) is 12.1 Å². The third-order valence-corrected chi connectivity index (χ3v) is 1.88. The molecule has 5 heteroatoms. The third kappa shape index (κ3) is 4.00. The van der Waals surface area contributed by atoms with Crippen molar-refractivity contribution >= 4 is 11.9 Å². The van der Waals surface area contributed by atoms with Gasteiger partial charge in [0.1, 0.15) is 5.75 Å². The van der Waals surface area contributed by atoms with Crippen LogP contribution in [0.3, 0.4) is 0 Å². The summed E-state index contributed by atoms with van der Waals surface area (Å²) >= 11 is 0. The SMILES string of the molecule is O=C(O)CCCOc1cccc(C(=O)O)c1. The van der Waals surface area contributed by atoms with E-state index in [9.17, 15) is 9.59 Å². The Morgan fingerprint density at radius 1 is 1.25 bits per heavy atom. The average molecular weight is 224 g/mol. The van der Waals surface area contributed by atoms with Gasteiger partial charge in [0.25, 0.3) is 0 Å². The van der Waals surface area contributed by atoms with Crippen LogP contribution in [0.1, 0.15) is 23.2 Å². The van der Waals surface area contributed by atoms with Crippen LogP contribution in [0.2, 0.25) is 0 Å². The van der Waals surface area contributed by atoms with Gasteiger partial charge in [0.2, 0.25) is 0 Å². The molecule has 1 aromatic carbocycles. The fraction of sp³-hybridized carbons (Fsp3) is 0.273. The van der Waals surface area contributed by atoms with Gasteiger partial charge < -0.3 is 14.9 Å². The summed E-state index contributed by atoms with van der Waals surface area (Å²) in [6.45, 7) is 0.259. The minimum absolute atomic E-state index is 0.0403. The fourth-order valence-electron chi connectivity index (χ4n) is 1.13. The number of benzene rings is 1. The van der Waals surface area contributed by atoms with Gasteiger partial charge in [0.05, 0.1) is 12.2 Å².